The van der Waals surface area contributed by atoms with Gasteiger partial charge >= 0.3 is 0 Å². The summed E-state index contributed by atoms with van der Waals surface area (Å²) >= 11 is 0. The zero-order valence-electron chi connectivity index (χ0n) is 14.6. The fraction of sp³-hybridized carbons (Fsp3) is 0.200. The highest BCUT2D eigenvalue weighted by atomic mass is 19.1. The second kappa shape index (κ2) is 6.85. The van der Waals surface area contributed by atoms with Gasteiger partial charge in [-0.25, -0.2) is 4.39 Å². The number of rotatable bonds is 5. The molecule has 0 spiro atoms. The van der Waals surface area contributed by atoms with Gasteiger partial charge in [-0.15, -0.1) is 0 Å². The Morgan fingerprint density at radius 1 is 1.22 bits per heavy atom. The number of phenols is 1. The van der Waals surface area contributed by atoms with E-state index in [1.54, 1.807) is 48.4 Å². The third-order valence-corrected chi connectivity index (χ3v) is 4.75. The van der Waals surface area contributed by atoms with Gasteiger partial charge in [0.2, 0.25) is 0 Å². The van der Waals surface area contributed by atoms with Crippen LogP contribution in [0, 0.1) is 5.82 Å². The SMILES string of the molecule is COCCN1C(=O)c2[nH]nc(-c3ccccc3O)c2C1c1ccc(F)cc1. The molecule has 1 atom stereocenters. The van der Waals surface area contributed by atoms with Crippen LogP contribution in [0.2, 0.25) is 0 Å². The summed E-state index contributed by atoms with van der Waals surface area (Å²) in [6.07, 6.45) is 0. The number of nitrogens with zero attached hydrogens (tertiary/aromatic N) is 2. The molecule has 0 aliphatic carbocycles. The molecule has 0 saturated carbocycles. The molecule has 7 heteroatoms. The van der Waals surface area contributed by atoms with E-state index >= 15 is 0 Å². The van der Waals surface area contributed by atoms with Gasteiger partial charge in [0.1, 0.15) is 23.0 Å². The van der Waals surface area contributed by atoms with Crippen molar-refractivity contribution in [3.05, 3.63) is 71.2 Å². The fourth-order valence-corrected chi connectivity index (χ4v) is 3.49. The van der Waals surface area contributed by atoms with E-state index in [-0.39, 0.29) is 17.5 Å². The van der Waals surface area contributed by atoms with E-state index in [1.165, 1.54) is 12.1 Å². The van der Waals surface area contributed by atoms with Gasteiger partial charge < -0.3 is 14.7 Å². The number of hydrogen-bond donors (Lipinski definition) is 2. The maximum atomic E-state index is 13.4. The lowest BCUT2D eigenvalue weighted by molar-refractivity contribution is 0.0677. The van der Waals surface area contributed by atoms with Gasteiger partial charge in [-0.1, -0.05) is 24.3 Å². The minimum atomic E-state index is -0.448. The highest BCUT2D eigenvalue weighted by Crippen LogP contribution is 2.44. The van der Waals surface area contributed by atoms with Crippen LogP contribution >= 0.6 is 0 Å². The van der Waals surface area contributed by atoms with Crippen LogP contribution in [0.5, 0.6) is 5.75 Å². The number of carbonyl (C=O) groups excluding carboxylic acids is 1. The number of phenolic OH excluding ortho intramolecular Hbond substituents is 1. The van der Waals surface area contributed by atoms with Crippen LogP contribution in [0.4, 0.5) is 4.39 Å². The molecule has 3 aromatic rings. The lowest BCUT2D eigenvalue weighted by atomic mass is 9.96. The molecule has 1 aliphatic heterocycles. The molecule has 1 aromatic heterocycles. The van der Waals surface area contributed by atoms with E-state index in [0.29, 0.717) is 35.7 Å². The topological polar surface area (TPSA) is 78.5 Å². The van der Waals surface area contributed by atoms with Crippen molar-refractivity contribution < 1.29 is 19.0 Å². The van der Waals surface area contributed by atoms with Crippen LogP contribution in [0.3, 0.4) is 0 Å². The number of methoxy groups -OCH3 is 1. The van der Waals surface area contributed by atoms with Gasteiger partial charge in [0.05, 0.1) is 12.6 Å². The summed E-state index contributed by atoms with van der Waals surface area (Å²) in [5, 5.41) is 17.4. The number of H-pyrrole nitrogens is 1. The number of para-hydroxylation sites is 1. The number of halogens is 1. The van der Waals surface area contributed by atoms with Crippen LogP contribution < -0.4 is 0 Å². The molecule has 0 bridgehead atoms. The van der Waals surface area contributed by atoms with E-state index in [9.17, 15) is 14.3 Å². The van der Waals surface area contributed by atoms with E-state index in [2.05, 4.69) is 10.2 Å². The van der Waals surface area contributed by atoms with Crippen molar-refractivity contribution in [2.24, 2.45) is 0 Å². The largest absolute Gasteiger partial charge is 0.507 e. The third kappa shape index (κ3) is 2.86. The van der Waals surface area contributed by atoms with Crippen molar-refractivity contribution in [3.8, 4) is 17.0 Å². The second-order valence-corrected chi connectivity index (χ2v) is 6.32. The van der Waals surface area contributed by atoms with Crippen molar-refractivity contribution in [2.75, 3.05) is 20.3 Å². The van der Waals surface area contributed by atoms with E-state index in [1.807, 2.05) is 0 Å². The third-order valence-electron chi connectivity index (χ3n) is 4.75. The number of amides is 1. The Morgan fingerprint density at radius 2 is 1.96 bits per heavy atom. The molecule has 2 heterocycles. The molecule has 1 aliphatic rings. The number of aromatic hydroxyl groups is 1. The standard InChI is InChI=1S/C20H18FN3O3/c1-27-11-10-24-19(12-6-8-13(21)9-7-12)16-17(22-23-18(16)20(24)26)14-4-2-3-5-15(14)25/h2-9,19,25H,10-11H2,1H3,(H,22,23). The first kappa shape index (κ1) is 17.2. The number of aromatic nitrogens is 2. The molecular formula is C20H18FN3O3. The number of hydrogen-bond acceptors (Lipinski definition) is 4. The molecule has 4 rings (SSSR count). The molecule has 2 aromatic carbocycles. The first-order valence-electron chi connectivity index (χ1n) is 8.53. The first-order valence-corrected chi connectivity index (χ1v) is 8.53. The Balaban J connectivity index is 1.88. The normalized spacial score (nSPS) is 16.0. The van der Waals surface area contributed by atoms with Crippen molar-refractivity contribution in [1.82, 2.24) is 15.1 Å². The summed E-state index contributed by atoms with van der Waals surface area (Å²) in [7, 11) is 1.57. The van der Waals surface area contributed by atoms with Gasteiger partial charge in [-0.2, -0.15) is 5.10 Å². The van der Waals surface area contributed by atoms with Crippen LogP contribution in [0.15, 0.2) is 48.5 Å². The summed E-state index contributed by atoms with van der Waals surface area (Å²) < 4.78 is 18.6. The Hall–Kier alpha value is -3.19. The summed E-state index contributed by atoms with van der Waals surface area (Å²) in [6, 6.07) is 12.4. The average molecular weight is 367 g/mol. The number of carbonyl (C=O) groups is 1. The van der Waals surface area contributed by atoms with Crippen molar-refractivity contribution in [3.63, 3.8) is 0 Å². The minimum absolute atomic E-state index is 0.0763. The maximum Gasteiger partial charge on any atom is 0.273 e. The zero-order chi connectivity index (χ0) is 19.0. The maximum absolute atomic E-state index is 13.4. The van der Waals surface area contributed by atoms with Gasteiger partial charge in [-0.3, -0.25) is 9.89 Å². The highest BCUT2D eigenvalue weighted by Gasteiger charge is 2.42. The number of aromatic amines is 1. The summed E-state index contributed by atoms with van der Waals surface area (Å²) in [5.74, 6) is -0.474. The minimum Gasteiger partial charge on any atom is -0.507 e. The second-order valence-electron chi connectivity index (χ2n) is 6.32. The zero-order valence-corrected chi connectivity index (χ0v) is 14.6. The van der Waals surface area contributed by atoms with Crippen LogP contribution in [-0.4, -0.2) is 46.4 Å². The molecular weight excluding hydrogens is 349 g/mol. The van der Waals surface area contributed by atoms with Crippen molar-refractivity contribution in [2.45, 2.75) is 6.04 Å². The van der Waals surface area contributed by atoms with E-state index in [4.69, 9.17) is 4.74 Å². The Morgan fingerprint density at radius 3 is 2.67 bits per heavy atom. The predicted octanol–water partition coefficient (Wildman–Crippen LogP) is 3.11. The fourth-order valence-electron chi connectivity index (χ4n) is 3.49. The number of benzene rings is 2. The molecule has 138 valence electrons. The Bertz CT molecular complexity index is 984. The average Bonchev–Trinajstić information content (AvgIpc) is 3.21. The number of fused-ring (bicyclic) bond motifs is 1. The number of nitrogens with one attached hydrogen (secondary N) is 1. The summed E-state index contributed by atoms with van der Waals surface area (Å²) in [4.78, 5) is 14.6. The molecule has 0 fully saturated rings. The van der Waals surface area contributed by atoms with Gasteiger partial charge in [-0.05, 0) is 29.8 Å². The molecule has 27 heavy (non-hydrogen) atoms. The van der Waals surface area contributed by atoms with Gasteiger partial charge in [0.15, 0.2) is 0 Å². The monoisotopic (exact) mass is 367 g/mol. The molecule has 0 radical (unpaired) electrons. The molecule has 1 unspecified atom stereocenters. The van der Waals surface area contributed by atoms with Crippen LogP contribution in [0.1, 0.15) is 27.7 Å². The lowest BCUT2D eigenvalue weighted by Gasteiger charge is -2.26. The molecule has 1 amide bonds. The van der Waals surface area contributed by atoms with Crippen LogP contribution in [-0.2, 0) is 4.74 Å². The Labute approximate surface area is 155 Å². The van der Waals surface area contributed by atoms with Crippen LogP contribution in [0.25, 0.3) is 11.3 Å². The number of ether oxygens (including phenoxy) is 1. The van der Waals surface area contributed by atoms with Gasteiger partial charge in [0.25, 0.3) is 5.91 Å². The van der Waals surface area contributed by atoms with Gasteiger partial charge in [0, 0.05) is 24.8 Å². The quantitative estimate of drug-likeness (QED) is 0.726. The summed E-state index contributed by atoms with van der Waals surface area (Å²) in [5.41, 5.74) is 2.84. The Kier molecular flexibility index (Phi) is 4.37. The predicted molar refractivity (Wildman–Crippen MR) is 96.8 cm³/mol. The smallest absolute Gasteiger partial charge is 0.273 e. The molecule has 6 nitrogen and oxygen atoms in total. The highest BCUT2D eigenvalue weighted by molar-refractivity contribution is 6.00. The van der Waals surface area contributed by atoms with Crippen molar-refractivity contribution >= 4 is 5.91 Å². The lowest BCUT2D eigenvalue weighted by Crippen LogP contribution is -2.32. The molecule has 0 saturated heterocycles. The van der Waals surface area contributed by atoms with Crippen molar-refractivity contribution in [1.29, 1.82) is 0 Å². The first-order chi connectivity index (χ1) is 13.1. The summed E-state index contributed by atoms with van der Waals surface area (Å²) in [6.45, 7) is 0.743. The molecule has 2 N–H and O–H groups in total. The van der Waals surface area contributed by atoms with E-state index in [0.717, 1.165) is 5.56 Å². The van der Waals surface area contributed by atoms with E-state index < -0.39 is 6.04 Å².